The molecule has 3 rings (SSSR count). The third kappa shape index (κ3) is 3.13. The summed E-state index contributed by atoms with van der Waals surface area (Å²) in [6.07, 6.45) is 0. The van der Waals surface area contributed by atoms with Gasteiger partial charge in [0.25, 0.3) is 0 Å². The van der Waals surface area contributed by atoms with E-state index in [0.717, 1.165) is 52.4 Å². The lowest BCUT2D eigenvalue weighted by atomic mass is 10.1. The molecule has 2 aliphatic rings. The lowest BCUT2D eigenvalue weighted by Gasteiger charge is -2.36. The number of benzene rings is 1. The normalized spacial score (nSPS) is 22.2. The Kier molecular flexibility index (Phi) is 4.22. The minimum Gasteiger partial charge on any atom is -0.369 e. The maximum atomic E-state index is 5.79. The van der Waals surface area contributed by atoms with Crippen LogP contribution in [-0.2, 0) is 0 Å². The predicted molar refractivity (Wildman–Crippen MR) is 85.5 cm³/mol. The van der Waals surface area contributed by atoms with Gasteiger partial charge in [0.05, 0.1) is 0 Å². The van der Waals surface area contributed by atoms with E-state index in [0.29, 0.717) is 0 Å². The summed E-state index contributed by atoms with van der Waals surface area (Å²) in [6, 6.07) is 8.87. The molecule has 4 nitrogen and oxygen atoms in total. The zero-order valence-corrected chi connectivity index (χ0v) is 11.9. The van der Waals surface area contributed by atoms with Crippen molar-refractivity contribution in [2.24, 2.45) is 0 Å². The van der Waals surface area contributed by atoms with Gasteiger partial charge in [0, 0.05) is 63.7 Å². The van der Waals surface area contributed by atoms with E-state index < -0.39 is 0 Å². The lowest BCUT2D eigenvalue weighted by molar-refractivity contribution is 0.414. The van der Waals surface area contributed by atoms with Crippen LogP contribution in [0.15, 0.2) is 24.3 Å². The summed E-state index contributed by atoms with van der Waals surface area (Å²) >= 11 is 0. The van der Waals surface area contributed by atoms with E-state index in [1.807, 2.05) is 9.62 Å². The monoisotopic (exact) mass is 266 g/mol. The Morgan fingerprint density at radius 1 is 0.550 bits per heavy atom. The van der Waals surface area contributed by atoms with Crippen molar-refractivity contribution in [3.05, 3.63) is 24.3 Å². The molecule has 1 aromatic carbocycles. The molecule has 2 aliphatic heterocycles. The summed E-state index contributed by atoms with van der Waals surface area (Å²) in [5.41, 5.74) is 2.58. The van der Waals surface area contributed by atoms with Crippen LogP contribution in [0.25, 0.3) is 0 Å². The molecule has 4 radical (unpaired) electrons. The van der Waals surface area contributed by atoms with E-state index in [-0.39, 0.29) is 0 Å². The van der Waals surface area contributed by atoms with Crippen LogP contribution in [0.3, 0.4) is 0 Å². The zero-order valence-electron chi connectivity index (χ0n) is 11.9. The Morgan fingerprint density at radius 3 is 1.15 bits per heavy atom. The molecule has 0 saturated carbocycles. The molecular formula is C14H20B2N4. The number of piperazine rings is 2. The highest BCUT2D eigenvalue weighted by atomic mass is 15.2. The highest BCUT2D eigenvalue weighted by molar-refractivity contribution is 6.04. The van der Waals surface area contributed by atoms with Gasteiger partial charge in [0.2, 0.25) is 0 Å². The van der Waals surface area contributed by atoms with Gasteiger partial charge in [0.15, 0.2) is 16.0 Å². The lowest BCUT2D eigenvalue weighted by Crippen LogP contribution is -2.45. The molecule has 0 amide bonds. The van der Waals surface area contributed by atoms with Crippen molar-refractivity contribution >= 4 is 27.3 Å². The molecule has 0 N–H and O–H groups in total. The van der Waals surface area contributed by atoms with E-state index >= 15 is 0 Å². The first-order valence-corrected chi connectivity index (χ1v) is 7.31. The number of anilines is 2. The quantitative estimate of drug-likeness (QED) is 0.704. The molecule has 0 bridgehead atoms. The molecule has 1 aromatic rings. The smallest absolute Gasteiger partial charge is 0.182 e. The third-order valence-electron chi connectivity index (χ3n) is 4.21. The summed E-state index contributed by atoms with van der Waals surface area (Å²) in [7, 11) is 11.6. The summed E-state index contributed by atoms with van der Waals surface area (Å²) in [6.45, 7) is 7.73. The Labute approximate surface area is 124 Å². The van der Waals surface area contributed by atoms with Crippen LogP contribution in [0.2, 0.25) is 0 Å². The van der Waals surface area contributed by atoms with Crippen molar-refractivity contribution in [3.8, 4) is 0 Å². The molecule has 2 heterocycles. The minimum atomic E-state index is 0.931. The third-order valence-corrected chi connectivity index (χ3v) is 4.21. The molecule has 0 spiro atoms. The Morgan fingerprint density at radius 2 is 0.850 bits per heavy atom. The van der Waals surface area contributed by atoms with E-state index in [2.05, 4.69) is 34.1 Å². The standard InChI is InChI=1S/C14H20B2N4/c15-19-9-5-17(6-10-19)13-1-2-14(4-3-13)18-7-11-20(16)12-8-18/h1-4H,5-12H2. The van der Waals surface area contributed by atoms with Gasteiger partial charge < -0.3 is 19.4 Å². The van der Waals surface area contributed by atoms with E-state index in [1.165, 1.54) is 11.4 Å². The Hall–Kier alpha value is -1.13. The summed E-state index contributed by atoms with van der Waals surface area (Å²) in [5.74, 6) is 0. The first-order chi connectivity index (χ1) is 9.72. The van der Waals surface area contributed by atoms with Gasteiger partial charge >= 0.3 is 0 Å². The van der Waals surface area contributed by atoms with Gasteiger partial charge in [-0.3, -0.25) is 0 Å². The fourth-order valence-electron chi connectivity index (χ4n) is 2.83. The molecular weight excluding hydrogens is 246 g/mol. The molecule has 2 saturated heterocycles. The molecule has 0 atom stereocenters. The maximum absolute atomic E-state index is 5.79. The van der Waals surface area contributed by atoms with Crippen molar-refractivity contribution < 1.29 is 0 Å². The highest BCUT2D eigenvalue weighted by Gasteiger charge is 2.16. The van der Waals surface area contributed by atoms with E-state index in [9.17, 15) is 0 Å². The molecule has 102 valence electrons. The zero-order chi connectivity index (χ0) is 13.9. The largest absolute Gasteiger partial charge is 0.369 e. The molecule has 0 aromatic heterocycles. The van der Waals surface area contributed by atoms with Gasteiger partial charge in [-0.1, -0.05) is 0 Å². The number of hydrogen-bond donors (Lipinski definition) is 0. The summed E-state index contributed by atoms with van der Waals surface area (Å²) in [4.78, 5) is 8.56. The van der Waals surface area contributed by atoms with E-state index in [1.54, 1.807) is 0 Å². The highest BCUT2D eigenvalue weighted by Crippen LogP contribution is 2.22. The number of nitrogens with zero attached hydrogens (tertiary/aromatic N) is 4. The van der Waals surface area contributed by atoms with Crippen molar-refractivity contribution in [2.45, 2.75) is 0 Å². The average Bonchev–Trinajstić information content (AvgIpc) is 2.49. The SMILES string of the molecule is [B]N1CCN(c2ccc(N3CCN([B])CC3)cc2)CC1. The van der Waals surface area contributed by atoms with Crippen LogP contribution in [0.4, 0.5) is 11.4 Å². The second-order valence-electron chi connectivity index (χ2n) is 5.56. The molecule has 0 unspecified atom stereocenters. The second-order valence-corrected chi connectivity index (χ2v) is 5.56. The molecule has 0 aliphatic carbocycles. The fourth-order valence-corrected chi connectivity index (χ4v) is 2.83. The molecule has 2 fully saturated rings. The second kappa shape index (κ2) is 6.10. The van der Waals surface area contributed by atoms with Crippen molar-refractivity contribution in [1.29, 1.82) is 0 Å². The van der Waals surface area contributed by atoms with Gasteiger partial charge in [-0.25, -0.2) is 0 Å². The predicted octanol–water partition coefficient (Wildman–Crippen LogP) is 0.0976. The first kappa shape index (κ1) is 13.8. The van der Waals surface area contributed by atoms with Gasteiger partial charge in [0.1, 0.15) is 0 Å². The van der Waals surface area contributed by atoms with Crippen LogP contribution in [0.1, 0.15) is 0 Å². The molecule has 20 heavy (non-hydrogen) atoms. The number of hydrogen-bond acceptors (Lipinski definition) is 4. The fraction of sp³-hybridized carbons (Fsp3) is 0.571. The van der Waals surface area contributed by atoms with Crippen molar-refractivity contribution in [3.63, 3.8) is 0 Å². The van der Waals surface area contributed by atoms with Crippen LogP contribution in [0.5, 0.6) is 0 Å². The topological polar surface area (TPSA) is 13.0 Å². The summed E-state index contributed by atoms with van der Waals surface area (Å²) in [5, 5.41) is 0. The van der Waals surface area contributed by atoms with Crippen molar-refractivity contribution in [2.75, 3.05) is 62.2 Å². The summed E-state index contributed by atoms with van der Waals surface area (Å²) < 4.78 is 0. The minimum absolute atomic E-state index is 0.931. The van der Waals surface area contributed by atoms with E-state index in [4.69, 9.17) is 16.0 Å². The van der Waals surface area contributed by atoms with Crippen molar-refractivity contribution in [1.82, 2.24) is 9.62 Å². The van der Waals surface area contributed by atoms with Crippen LogP contribution >= 0.6 is 0 Å². The van der Waals surface area contributed by atoms with Crippen LogP contribution in [0, 0.1) is 0 Å². The van der Waals surface area contributed by atoms with Gasteiger partial charge in [-0.2, -0.15) is 0 Å². The maximum Gasteiger partial charge on any atom is 0.182 e. The van der Waals surface area contributed by atoms with Gasteiger partial charge in [-0.05, 0) is 24.3 Å². The number of rotatable bonds is 2. The first-order valence-electron chi connectivity index (χ1n) is 7.31. The van der Waals surface area contributed by atoms with Crippen LogP contribution < -0.4 is 9.80 Å². The van der Waals surface area contributed by atoms with Gasteiger partial charge in [-0.15, -0.1) is 0 Å². The van der Waals surface area contributed by atoms with Crippen LogP contribution in [-0.4, -0.2) is 77.9 Å². The average molecular weight is 266 g/mol. The Balaban J connectivity index is 1.62. The Bertz CT molecular complexity index is 382. The molecule has 6 heteroatoms.